The van der Waals surface area contributed by atoms with Gasteiger partial charge in [0, 0.05) is 5.41 Å². The first-order chi connectivity index (χ1) is 6.60. The Balaban J connectivity index is 1.85. The highest BCUT2D eigenvalue weighted by molar-refractivity contribution is 5.84. The number of H-pyrrole nitrogens is 1. The molecule has 6 heteroatoms. The summed E-state index contributed by atoms with van der Waals surface area (Å²) >= 11 is 0. The maximum atomic E-state index is 11.5. The SMILES string of the molecule is CC1(C(=O)NCc2nc(N)n[nH]2)CC1. The van der Waals surface area contributed by atoms with E-state index in [4.69, 9.17) is 5.73 Å². The first-order valence-electron chi connectivity index (χ1n) is 4.55. The van der Waals surface area contributed by atoms with E-state index in [0.717, 1.165) is 12.8 Å². The lowest BCUT2D eigenvalue weighted by Crippen LogP contribution is -2.30. The van der Waals surface area contributed by atoms with Gasteiger partial charge in [0.25, 0.3) is 0 Å². The fourth-order valence-electron chi connectivity index (χ4n) is 1.18. The van der Waals surface area contributed by atoms with Gasteiger partial charge in [0.1, 0.15) is 5.82 Å². The zero-order chi connectivity index (χ0) is 10.2. The van der Waals surface area contributed by atoms with Gasteiger partial charge in [-0.05, 0) is 12.8 Å². The molecule has 1 saturated carbocycles. The van der Waals surface area contributed by atoms with Crippen molar-refractivity contribution in [2.45, 2.75) is 26.3 Å². The molecule has 4 N–H and O–H groups in total. The smallest absolute Gasteiger partial charge is 0.239 e. The van der Waals surface area contributed by atoms with Gasteiger partial charge in [0.2, 0.25) is 11.9 Å². The van der Waals surface area contributed by atoms with Crippen molar-refractivity contribution in [2.24, 2.45) is 5.41 Å². The van der Waals surface area contributed by atoms with Crippen LogP contribution in [0.3, 0.4) is 0 Å². The van der Waals surface area contributed by atoms with Gasteiger partial charge in [-0.1, -0.05) is 6.92 Å². The number of nitrogen functional groups attached to an aromatic ring is 1. The molecule has 1 aliphatic rings. The van der Waals surface area contributed by atoms with Crippen molar-refractivity contribution < 1.29 is 4.79 Å². The van der Waals surface area contributed by atoms with Crippen LogP contribution in [0.4, 0.5) is 5.95 Å². The van der Waals surface area contributed by atoms with Crippen LogP contribution < -0.4 is 11.1 Å². The molecular formula is C8H13N5O. The summed E-state index contributed by atoms with van der Waals surface area (Å²) in [5.41, 5.74) is 5.17. The number of hydrogen-bond donors (Lipinski definition) is 3. The van der Waals surface area contributed by atoms with Gasteiger partial charge in [-0.3, -0.25) is 9.89 Å². The van der Waals surface area contributed by atoms with E-state index in [2.05, 4.69) is 20.5 Å². The average Bonchev–Trinajstić information content (AvgIpc) is 2.76. The van der Waals surface area contributed by atoms with Crippen LogP contribution in [0.15, 0.2) is 0 Å². The van der Waals surface area contributed by atoms with Crippen LogP contribution in [0.2, 0.25) is 0 Å². The lowest BCUT2D eigenvalue weighted by atomic mass is 10.1. The molecule has 1 amide bonds. The Morgan fingerprint density at radius 2 is 2.43 bits per heavy atom. The third-order valence-corrected chi connectivity index (χ3v) is 2.51. The highest BCUT2D eigenvalue weighted by Gasteiger charge is 2.44. The molecule has 1 fully saturated rings. The monoisotopic (exact) mass is 195 g/mol. The van der Waals surface area contributed by atoms with E-state index < -0.39 is 0 Å². The van der Waals surface area contributed by atoms with Gasteiger partial charge in [-0.25, -0.2) is 0 Å². The highest BCUT2D eigenvalue weighted by atomic mass is 16.2. The molecule has 0 spiro atoms. The second-order valence-corrected chi connectivity index (χ2v) is 3.88. The number of carbonyl (C=O) groups is 1. The normalized spacial score (nSPS) is 17.8. The number of anilines is 1. The first kappa shape index (κ1) is 8.98. The Labute approximate surface area is 81.3 Å². The number of aromatic amines is 1. The summed E-state index contributed by atoms with van der Waals surface area (Å²) in [6.07, 6.45) is 1.94. The van der Waals surface area contributed by atoms with E-state index in [9.17, 15) is 4.79 Å². The van der Waals surface area contributed by atoms with Gasteiger partial charge in [-0.15, -0.1) is 5.10 Å². The fraction of sp³-hybridized carbons (Fsp3) is 0.625. The highest BCUT2D eigenvalue weighted by Crippen LogP contribution is 2.44. The van der Waals surface area contributed by atoms with Crippen LogP contribution >= 0.6 is 0 Å². The van der Waals surface area contributed by atoms with E-state index in [1.807, 2.05) is 6.92 Å². The van der Waals surface area contributed by atoms with Gasteiger partial charge in [0.05, 0.1) is 6.54 Å². The second-order valence-electron chi connectivity index (χ2n) is 3.88. The number of nitrogens with zero attached hydrogens (tertiary/aromatic N) is 2. The molecule has 0 bridgehead atoms. The Kier molecular flexibility index (Phi) is 1.90. The Bertz CT molecular complexity index is 354. The molecule has 2 rings (SSSR count). The number of nitrogens with two attached hydrogens (primary N) is 1. The first-order valence-corrected chi connectivity index (χ1v) is 4.55. The van der Waals surface area contributed by atoms with Crippen LogP contribution in [0, 0.1) is 5.41 Å². The molecule has 0 atom stereocenters. The van der Waals surface area contributed by atoms with Crippen LogP contribution in [0.25, 0.3) is 0 Å². The molecule has 6 nitrogen and oxygen atoms in total. The van der Waals surface area contributed by atoms with E-state index in [1.54, 1.807) is 0 Å². The molecule has 0 saturated heterocycles. The van der Waals surface area contributed by atoms with Crippen molar-refractivity contribution in [1.82, 2.24) is 20.5 Å². The number of hydrogen-bond acceptors (Lipinski definition) is 4. The number of aromatic nitrogens is 3. The molecule has 1 heterocycles. The molecule has 0 radical (unpaired) electrons. The molecule has 1 aliphatic carbocycles. The summed E-state index contributed by atoms with van der Waals surface area (Å²) in [7, 11) is 0. The van der Waals surface area contributed by atoms with Crippen LogP contribution in [-0.4, -0.2) is 21.1 Å². The largest absolute Gasteiger partial charge is 0.367 e. The molecule has 0 aliphatic heterocycles. The number of carbonyl (C=O) groups excluding carboxylic acids is 1. The maximum Gasteiger partial charge on any atom is 0.239 e. The van der Waals surface area contributed by atoms with E-state index in [-0.39, 0.29) is 17.3 Å². The number of nitrogens with one attached hydrogen (secondary N) is 2. The van der Waals surface area contributed by atoms with Crippen molar-refractivity contribution in [3.8, 4) is 0 Å². The molecule has 14 heavy (non-hydrogen) atoms. The zero-order valence-corrected chi connectivity index (χ0v) is 8.00. The fourth-order valence-corrected chi connectivity index (χ4v) is 1.18. The molecule has 76 valence electrons. The Morgan fingerprint density at radius 3 is 2.93 bits per heavy atom. The minimum Gasteiger partial charge on any atom is -0.367 e. The quantitative estimate of drug-likeness (QED) is 0.622. The van der Waals surface area contributed by atoms with E-state index >= 15 is 0 Å². The lowest BCUT2D eigenvalue weighted by molar-refractivity contribution is -0.125. The van der Waals surface area contributed by atoms with Crippen molar-refractivity contribution in [2.75, 3.05) is 5.73 Å². The zero-order valence-electron chi connectivity index (χ0n) is 8.00. The van der Waals surface area contributed by atoms with E-state index in [0.29, 0.717) is 12.4 Å². The van der Waals surface area contributed by atoms with Crippen molar-refractivity contribution in [3.63, 3.8) is 0 Å². The van der Waals surface area contributed by atoms with Crippen molar-refractivity contribution in [1.29, 1.82) is 0 Å². The summed E-state index contributed by atoms with van der Waals surface area (Å²) < 4.78 is 0. The third-order valence-electron chi connectivity index (χ3n) is 2.51. The number of rotatable bonds is 3. The summed E-state index contributed by atoms with van der Waals surface area (Å²) in [6.45, 7) is 2.32. The second kappa shape index (κ2) is 2.97. The lowest BCUT2D eigenvalue weighted by Gasteiger charge is -2.07. The molecule has 1 aromatic rings. The number of amides is 1. The molecule has 1 aromatic heterocycles. The minimum absolute atomic E-state index is 0.0764. The molecule has 0 unspecified atom stereocenters. The summed E-state index contributed by atoms with van der Waals surface area (Å²) in [6, 6.07) is 0. The topological polar surface area (TPSA) is 96.7 Å². The summed E-state index contributed by atoms with van der Waals surface area (Å²) in [5, 5.41) is 9.08. The minimum atomic E-state index is -0.147. The van der Waals surface area contributed by atoms with Gasteiger partial charge in [0.15, 0.2) is 0 Å². The van der Waals surface area contributed by atoms with Crippen molar-refractivity contribution >= 4 is 11.9 Å². The standard InChI is InChI=1S/C8H13N5O/c1-8(2-3-8)6(14)10-4-5-11-7(9)13-12-5/h2-4H2,1H3,(H,10,14)(H3,9,11,12,13). The Morgan fingerprint density at radius 1 is 1.71 bits per heavy atom. The predicted octanol–water partition coefficient (Wildman–Crippen LogP) is -0.197. The van der Waals surface area contributed by atoms with Gasteiger partial charge >= 0.3 is 0 Å². The maximum absolute atomic E-state index is 11.5. The summed E-state index contributed by atoms with van der Waals surface area (Å²) in [4.78, 5) is 15.4. The molecular weight excluding hydrogens is 182 g/mol. The Hall–Kier alpha value is -1.59. The predicted molar refractivity (Wildman–Crippen MR) is 50.0 cm³/mol. The van der Waals surface area contributed by atoms with E-state index in [1.165, 1.54) is 0 Å². The van der Waals surface area contributed by atoms with Crippen LogP contribution in [0.5, 0.6) is 0 Å². The summed E-state index contributed by atoms with van der Waals surface area (Å²) in [5.74, 6) is 0.861. The van der Waals surface area contributed by atoms with Crippen molar-refractivity contribution in [3.05, 3.63) is 5.82 Å². The van der Waals surface area contributed by atoms with Crippen LogP contribution in [0.1, 0.15) is 25.6 Å². The third kappa shape index (κ3) is 1.68. The molecule has 0 aromatic carbocycles. The van der Waals surface area contributed by atoms with Gasteiger partial charge in [-0.2, -0.15) is 4.98 Å². The van der Waals surface area contributed by atoms with Gasteiger partial charge < -0.3 is 11.1 Å². The van der Waals surface area contributed by atoms with Crippen LogP contribution in [-0.2, 0) is 11.3 Å². The average molecular weight is 195 g/mol.